The van der Waals surface area contributed by atoms with E-state index in [1.165, 1.54) is 25.0 Å². The molecule has 7 nitrogen and oxygen atoms in total. The van der Waals surface area contributed by atoms with Gasteiger partial charge >= 0.3 is 6.18 Å². The molecule has 2 saturated heterocycles. The maximum Gasteiger partial charge on any atom is 0.416 e. The van der Waals surface area contributed by atoms with E-state index in [2.05, 4.69) is 10.2 Å². The van der Waals surface area contributed by atoms with Gasteiger partial charge in [0.05, 0.1) is 16.6 Å². The Morgan fingerprint density at radius 3 is 2.40 bits per heavy atom. The lowest BCUT2D eigenvalue weighted by Gasteiger charge is -2.38. The fourth-order valence-corrected chi connectivity index (χ4v) is 6.63. The van der Waals surface area contributed by atoms with Gasteiger partial charge in [0, 0.05) is 31.1 Å². The number of anilines is 1. The molecule has 0 bridgehead atoms. The second-order valence-corrected chi connectivity index (χ2v) is 12.1. The number of nitrogens with one attached hydrogen (secondary N) is 1. The van der Waals surface area contributed by atoms with Crippen LogP contribution in [-0.4, -0.2) is 59.7 Å². The maximum atomic E-state index is 14.5. The Bertz CT molecular complexity index is 1700. The van der Waals surface area contributed by atoms with Crippen molar-refractivity contribution in [1.29, 1.82) is 0 Å². The van der Waals surface area contributed by atoms with Gasteiger partial charge in [-0.05, 0) is 104 Å². The van der Waals surface area contributed by atoms with Crippen molar-refractivity contribution in [3.05, 3.63) is 83.4 Å². The normalized spacial score (nSPS) is 18.5. The van der Waals surface area contributed by atoms with Crippen LogP contribution in [0.3, 0.4) is 0 Å². The molecule has 1 N–H and O–H groups in total. The summed E-state index contributed by atoms with van der Waals surface area (Å²) in [6.07, 6.45) is 1.06. The molecule has 0 saturated carbocycles. The number of fused-ring (bicyclic) bond motifs is 2. The number of alkyl halides is 3. The number of carbonyl (C=O) groups excluding carboxylic acids is 1. The van der Waals surface area contributed by atoms with E-state index in [-0.39, 0.29) is 25.3 Å². The summed E-state index contributed by atoms with van der Waals surface area (Å²) in [5.41, 5.74) is 3.08. The minimum Gasteiger partial charge on any atom is -0.454 e. The van der Waals surface area contributed by atoms with Crippen molar-refractivity contribution < 1.29 is 27.4 Å². The molecule has 10 heteroatoms. The molecule has 234 valence electrons. The van der Waals surface area contributed by atoms with E-state index >= 15 is 0 Å². The number of aromatic nitrogens is 1. The minimum absolute atomic E-state index is 0.0216. The Balaban J connectivity index is 1.23. The number of rotatable bonds is 7. The molecule has 45 heavy (non-hydrogen) atoms. The van der Waals surface area contributed by atoms with Gasteiger partial charge in [0.2, 0.25) is 6.79 Å². The Morgan fingerprint density at radius 1 is 0.867 bits per heavy atom. The summed E-state index contributed by atoms with van der Waals surface area (Å²) >= 11 is 0. The van der Waals surface area contributed by atoms with Gasteiger partial charge in [-0.15, -0.1) is 0 Å². The number of halogens is 3. The highest BCUT2D eigenvalue weighted by molar-refractivity contribution is 6.08. The molecule has 4 heterocycles. The van der Waals surface area contributed by atoms with Crippen molar-refractivity contribution in [2.24, 2.45) is 0 Å². The molecule has 1 aromatic heterocycles. The lowest BCUT2D eigenvalue weighted by Crippen LogP contribution is -2.49. The predicted octanol–water partition coefficient (Wildman–Crippen LogP) is 7.35. The third kappa shape index (κ3) is 6.29. The number of hydrogen-bond acceptors (Lipinski definition) is 6. The zero-order valence-electron chi connectivity index (χ0n) is 24.9. The van der Waals surface area contributed by atoms with Gasteiger partial charge < -0.3 is 24.6 Å². The maximum absolute atomic E-state index is 14.5. The highest BCUT2D eigenvalue weighted by Crippen LogP contribution is 2.37. The van der Waals surface area contributed by atoms with Crippen molar-refractivity contribution >= 4 is 22.6 Å². The number of benzene rings is 3. The highest BCUT2D eigenvalue weighted by atomic mass is 19.4. The second kappa shape index (κ2) is 12.2. The molecule has 1 atom stereocenters. The van der Waals surface area contributed by atoms with Crippen LogP contribution in [0, 0.1) is 0 Å². The number of ether oxygens (including phenoxy) is 2. The van der Waals surface area contributed by atoms with Crippen molar-refractivity contribution in [2.75, 3.05) is 38.3 Å². The van der Waals surface area contributed by atoms with Crippen LogP contribution in [0.4, 0.5) is 19.0 Å². The molecule has 0 spiro atoms. The van der Waals surface area contributed by atoms with Gasteiger partial charge in [-0.2, -0.15) is 13.2 Å². The first-order valence-corrected chi connectivity index (χ1v) is 15.6. The van der Waals surface area contributed by atoms with Crippen LogP contribution < -0.4 is 14.8 Å². The van der Waals surface area contributed by atoms with Crippen molar-refractivity contribution in [3.8, 4) is 22.6 Å². The summed E-state index contributed by atoms with van der Waals surface area (Å²) in [4.78, 5) is 23.8. The lowest BCUT2D eigenvalue weighted by molar-refractivity contribution is -0.137. The van der Waals surface area contributed by atoms with Crippen molar-refractivity contribution in [1.82, 2.24) is 14.8 Å². The summed E-state index contributed by atoms with van der Waals surface area (Å²) in [5, 5.41) is 4.00. The zero-order chi connectivity index (χ0) is 31.0. The van der Waals surface area contributed by atoms with E-state index in [4.69, 9.17) is 14.5 Å². The molecule has 3 aliphatic heterocycles. The highest BCUT2D eigenvalue weighted by Gasteiger charge is 2.32. The Hall–Kier alpha value is -4.31. The predicted molar refractivity (Wildman–Crippen MR) is 166 cm³/mol. The Morgan fingerprint density at radius 2 is 1.60 bits per heavy atom. The van der Waals surface area contributed by atoms with Crippen LogP contribution in [0.2, 0.25) is 0 Å². The van der Waals surface area contributed by atoms with Crippen LogP contribution in [0.25, 0.3) is 22.0 Å². The average molecular weight is 617 g/mol. The monoisotopic (exact) mass is 616 g/mol. The third-order valence-corrected chi connectivity index (χ3v) is 9.06. The van der Waals surface area contributed by atoms with Gasteiger partial charge in [0.15, 0.2) is 11.5 Å². The fraction of sp³-hybridized carbons (Fsp3) is 0.371. The Labute approximate surface area is 259 Å². The molecular formula is C35H35F3N4O3. The van der Waals surface area contributed by atoms with Gasteiger partial charge in [-0.25, -0.2) is 4.98 Å². The summed E-state index contributed by atoms with van der Waals surface area (Å²) in [6, 6.07) is 18.7. The number of nitrogens with zero attached hydrogens (tertiary/aromatic N) is 3. The SMILES string of the molecule is O=C(c1cc(NCc2ccc(C(F)(F)F)cc2)nc2ccc(-c3ccc4c(c3)OCO4)cc12)N1CCCC[C@H]1CN1CCCC1. The number of pyridine rings is 1. The minimum atomic E-state index is -4.39. The van der Waals surface area contributed by atoms with Crippen LogP contribution in [0.15, 0.2) is 66.7 Å². The first-order chi connectivity index (χ1) is 21.8. The van der Waals surface area contributed by atoms with Crippen LogP contribution >= 0.6 is 0 Å². The molecule has 2 fully saturated rings. The molecule has 3 aliphatic rings. The molecular weight excluding hydrogens is 581 g/mol. The summed E-state index contributed by atoms with van der Waals surface area (Å²) in [6.45, 7) is 4.20. The number of amides is 1. The number of carbonyl (C=O) groups is 1. The van der Waals surface area contributed by atoms with Crippen molar-refractivity contribution in [2.45, 2.75) is 50.9 Å². The van der Waals surface area contributed by atoms with Gasteiger partial charge in [-0.1, -0.05) is 24.3 Å². The first kappa shape index (κ1) is 29.4. The third-order valence-electron chi connectivity index (χ3n) is 9.06. The van der Waals surface area contributed by atoms with E-state index in [0.29, 0.717) is 40.5 Å². The standard InChI is InChI=1S/C35H35F3N4O3/c36-35(37,38)26-10-6-23(7-11-26)20-39-33-19-29(34(43)42-16-2-1-5-27(42)21-41-14-3-4-15-41)28-17-24(8-12-30(28)40-33)25-9-13-31-32(18-25)45-22-44-31/h6-13,17-19,27H,1-5,14-16,20-22H2,(H,39,40)/t27-/m0/s1. The quantitative estimate of drug-likeness (QED) is 0.234. The smallest absolute Gasteiger partial charge is 0.416 e. The van der Waals surface area contributed by atoms with E-state index in [1.807, 2.05) is 41.3 Å². The number of piperidine rings is 1. The topological polar surface area (TPSA) is 66.9 Å². The Kier molecular flexibility index (Phi) is 7.99. The second-order valence-electron chi connectivity index (χ2n) is 12.1. The summed E-state index contributed by atoms with van der Waals surface area (Å²) in [5.74, 6) is 1.86. The fourth-order valence-electron chi connectivity index (χ4n) is 6.63. The van der Waals surface area contributed by atoms with E-state index in [1.54, 1.807) is 6.07 Å². The van der Waals surface area contributed by atoms with E-state index < -0.39 is 11.7 Å². The first-order valence-electron chi connectivity index (χ1n) is 15.6. The molecule has 4 aromatic rings. The van der Waals surface area contributed by atoms with Gasteiger partial charge in [-0.3, -0.25) is 4.79 Å². The van der Waals surface area contributed by atoms with E-state index in [9.17, 15) is 18.0 Å². The molecule has 0 aliphatic carbocycles. The lowest BCUT2D eigenvalue weighted by atomic mass is 9.97. The largest absolute Gasteiger partial charge is 0.454 e. The van der Waals surface area contributed by atoms with Crippen LogP contribution in [0.1, 0.15) is 53.6 Å². The number of hydrogen-bond donors (Lipinski definition) is 1. The molecule has 1 amide bonds. The van der Waals surface area contributed by atoms with Gasteiger partial charge in [0.1, 0.15) is 5.82 Å². The van der Waals surface area contributed by atoms with Crippen LogP contribution in [-0.2, 0) is 12.7 Å². The zero-order valence-corrected chi connectivity index (χ0v) is 24.9. The summed E-state index contributed by atoms with van der Waals surface area (Å²) < 4.78 is 50.2. The van der Waals surface area contributed by atoms with E-state index in [0.717, 1.165) is 67.5 Å². The summed E-state index contributed by atoms with van der Waals surface area (Å²) in [7, 11) is 0. The molecule has 0 unspecified atom stereocenters. The average Bonchev–Trinajstić information content (AvgIpc) is 3.75. The van der Waals surface area contributed by atoms with Crippen molar-refractivity contribution in [3.63, 3.8) is 0 Å². The molecule has 3 aromatic carbocycles. The molecule has 0 radical (unpaired) electrons. The van der Waals surface area contributed by atoms with Crippen LogP contribution in [0.5, 0.6) is 11.5 Å². The molecule has 7 rings (SSSR count). The van der Waals surface area contributed by atoms with Gasteiger partial charge in [0.25, 0.3) is 5.91 Å². The number of likely N-dealkylation sites (tertiary alicyclic amines) is 2.